The fourth-order valence-corrected chi connectivity index (χ4v) is 4.31. The van der Waals surface area contributed by atoms with Crippen molar-refractivity contribution in [2.75, 3.05) is 39.8 Å². The molecule has 0 amide bonds. The van der Waals surface area contributed by atoms with Gasteiger partial charge in [-0.2, -0.15) is 0 Å². The highest BCUT2D eigenvalue weighted by Gasteiger charge is 2.40. The third-order valence-corrected chi connectivity index (χ3v) is 5.65. The maximum atomic E-state index is 3.82. The zero-order valence-corrected chi connectivity index (χ0v) is 12.4. The number of hydrogen-bond acceptors (Lipinski definition) is 3. The van der Waals surface area contributed by atoms with E-state index in [4.69, 9.17) is 0 Å². The fraction of sp³-hybridized carbons (Fsp3) is 0.875. The van der Waals surface area contributed by atoms with Gasteiger partial charge in [-0.05, 0) is 39.2 Å². The summed E-state index contributed by atoms with van der Waals surface area (Å²) in [5.74, 6) is 0. The maximum absolute atomic E-state index is 3.82. The van der Waals surface area contributed by atoms with E-state index in [-0.39, 0.29) is 0 Å². The molecule has 0 aromatic rings. The molecule has 3 saturated heterocycles. The molecule has 19 heavy (non-hydrogen) atoms. The first-order valence-electron chi connectivity index (χ1n) is 8.07. The standard InChI is InChI=1S/C16H29N3/c1-3-4-7-18-8-10-19(11-9-18)16-12-14-5-6-15(13-16)17(14)2/h3,14-16H,1,4-13H2,2H3. The molecule has 0 aliphatic carbocycles. The van der Waals surface area contributed by atoms with Gasteiger partial charge in [-0.25, -0.2) is 0 Å². The number of hydrogen-bond donors (Lipinski definition) is 0. The SMILES string of the molecule is C=CCCN1CCN(C2CC3CCC(C2)N3C)CC1. The molecule has 3 heterocycles. The Bertz CT molecular complexity index is 295. The first kappa shape index (κ1) is 13.6. The lowest BCUT2D eigenvalue weighted by Crippen LogP contribution is -2.55. The third-order valence-electron chi connectivity index (χ3n) is 5.65. The van der Waals surface area contributed by atoms with Gasteiger partial charge in [-0.15, -0.1) is 6.58 Å². The van der Waals surface area contributed by atoms with Crippen molar-refractivity contribution in [3.05, 3.63) is 12.7 Å². The summed E-state index contributed by atoms with van der Waals surface area (Å²) in [6.07, 6.45) is 8.90. The summed E-state index contributed by atoms with van der Waals surface area (Å²) in [6.45, 7) is 10.1. The van der Waals surface area contributed by atoms with Crippen LogP contribution in [0.2, 0.25) is 0 Å². The van der Waals surface area contributed by atoms with Crippen molar-refractivity contribution in [3.63, 3.8) is 0 Å². The zero-order valence-electron chi connectivity index (χ0n) is 12.4. The average Bonchev–Trinajstić information content (AvgIpc) is 2.68. The molecule has 2 atom stereocenters. The number of nitrogens with zero attached hydrogens (tertiary/aromatic N) is 3. The van der Waals surface area contributed by atoms with E-state index < -0.39 is 0 Å². The Morgan fingerprint density at radius 1 is 1.00 bits per heavy atom. The van der Waals surface area contributed by atoms with Crippen LogP contribution in [0.25, 0.3) is 0 Å². The summed E-state index contributed by atoms with van der Waals surface area (Å²) in [4.78, 5) is 8.03. The zero-order chi connectivity index (χ0) is 13.2. The fourth-order valence-electron chi connectivity index (χ4n) is 4.31. The molecule has 0 N–H and O–H groups in total. The molecule has 0 saturated carbocycles. The summed E-state index contributed by atoms with van der Waals surface area (Å²) in [7, 11) is 2.34. The predicted octanol–water partition coefficient (Wildman–Crippen LogP) is 1.81. The van der Waals surface area contributed by atoms with E-state index in [0.717, 1.165) is 24.5 Å². The minimum absolute atomic E-state index is 0.871. The molecule has 0 aromatic carbocycles. The molecule has 3 rings (SSSR count). The van der Waals surface area contributed by atoms with E-state index in [0.29, 0.717) is 0 Å². The van der Waals surface area contributed by atoms with Crippen molar-refractivity contribution in [1.82, 2.24) is 14.7 Å². The third kappa shape index (κ3) is 2.88. The van der Waals surface area contributed by atoms with Crippen molar-refractivity contribution in [1.29, 1.82) is 0 Å². The van der Waals surface area contributed by atoms with Gasteiger partial charge in [-0.3, -0.25) is 4.90 Å². The Kier molecular flexibility index (Phi) is 4.25. The highest BCUT2D eigenvalue weighted by Crippen LogP contribution is 2.36. The lowest BCUT2D eigenvalue weighted by Gasteiger charge is -2.45. The molecule has 2 bridgehead atoms. The number of rotatable bonds is 4. The summed E-state index contributed by atoms with van der Waals surface area (Å²) in [5, 5.41) is 0. The van der Waals surface area contributed by atoms with Gasteiger partial charge in [-0.1, -0.05) is 6.08 Å². The van der Waals surface area contributed by atoms with Gasteiger partial charge in [0.15, 0.2) is 0 Å². The van der Waals surface area contributed by atoms with Gasteiger partial charge >= 0.3 is 0 Å². The molecule has 0 aromatic heterocycles. The molecule has 3 aliphatic heterocycles. The van der Waals surface area contributed by atoms with E-state index in [1.165, 1.54) is 58.4 Å². The molecule has 0 radical (unpaired) electrons. The quantitative estimate of drug-likeness (QED) is 0.716. The van der Waals surface area contributed by atoms with Crippen molar-refractivity contribution < 1.29 is 0 Å². The van der Waals surface area contributed by atoms with Gasteiger partial charge < -0.3 is 9.80 Å². The van der Waals surface area contributed by atoms with Crippen LogP contribution in [-0.4, -0.2) is 72.6 Å². The Hall–Kier alpha value is -0.380. The summed E-state index contributed by atoms with van der Waals surface area (Å²) in [6, 6.07) is 2.63. The van der Waals surface area contributed by atoms with Gasteiger partial charge in [0.25, 0.3) is 0 Å². The van der Waals surface area contributed by atoms with E-state index in [1.54, 1.807) is 0 Å². The second-order valence-electron chi connectivity index (χ2n) is 6.63. The van der Waals surface area contributed by atoms with E-state index in [1.807, 2.05) is 6.08 Å². The van der Waals surface area contributed by atoms with Gasteiger partial charge in [0.2, 0.25) is 0 Å². The van der Waals surface area contributed by atoms with Crippen LogP contribution in [0.3, 0.4) is 0 Å². The van der Waals surface area contributed by atoms with Crippen LogP contribution in [0.1, 0.15) is 32.1 Å². The maximum Gasteiger partial charge on any atom is 0.0126 e. The minimum Gasteiger partial charge on any atom is -0.300 e. The molecule has 2 unspecified atom stereocenters. The van der Waals surface area contributed by atoms with Crippen LogP contribution < -0.4 is 0 Å². The van der Waals surface area contributed by atoms with E-state index in [2.05, 4.69) is 28.3 Å². The Morgan fingerprint density at radius 2 is 1.63 bits per heavy atom. The van der Waals surface area contributed by atoms with Crippen LogP contribution in [-0.2, 0) is 0 Å². The number of piperazine rings is 1. The Balaban J connectivity index is 1.48. The van der Waals surface area contributed by atoms with Gasteiger partial charge in [0.05, 0.1) is 0 Å². The van der Waals surface area contributed by atoms with E-state index in [9.17, 15) is 0 Å². The first-order valence-corrected chi connectivity index (χ1v) is 8.07. The smallest absolute Gasteiger partial charge is 0.0126 e. The lowest BCUT2D eigenvalue weighted by atomic mass is 9.96. The Morgan fingerprint density at radius 3 is 2.21 bits per heavy atom. The lowest BCUT2D eigenvalue weighted by molar-refractivity contribution is 0.0404. The molecule has 3 heteroatoms. The van der Waals surface area contributed by atoms with Crippen molar-refractivity contribution in [2.45, 2.75) is 50.2 Å². The molecule has 0 spiro atoms. The van der Waals surface area contributed by atoms with Crippen molar-refractivity contribution in [2.24, 2.45) is 0 Å². The highest BCUT2D eigenvalue weighted by atomic mass is 15.3. The van der Waals surface area contributed by atoms with Crippen molar-refractivity contribution >= 4 is 0 Å². The molecule has 3 fully saturated rings. The molecule has 108 valence electrons. The molecular weight excluding hydrogens is 234 g/mol. The summed E-state index contributed by atoms with van der Waals surface area (Å²) < 4.78 is 0. The summed E-state index contributed by atoms with van der Waals surface area (Å²) >= 11 is 0. The minimum atomic E-state index is 0.871. The van der Waals surface area contributed by atoms with Crippen LogP contribution in [0.15, 0.2) is 12.7 Å². The summed E-state index contributed by atoms with van der Waals surface area (Å²) in [5.41, 5.74) is 0. The normalized spacial score (nSPS) is 37.6. The largest absolute Gasteiger partial charge is 0.300 e. The van der Waals surface area contributed by atoms with Gasteiger partial charge in [0.1, 0.15) is 0 Å². The van der Waals surface area contributed by atoms with Crippen LogP contribution in [0, 0.1) is 0 Å². The van der Waals surface area contributed by atoms with Crippen LogP contribution >= 0.6 is 0 Å². The second kappa shape index (κ2) is 5.94. The topological polar surface area (TPSA) is 9.72 Å². The number of fused-ring (bicyclic) bond motifs is 2. The van der Waals surface area contributed by atoms with Gasteiger partial charge in [0, 0.05) is 50.8 Å². The molecule has 3 aliphatic rings. The second-order valence-corrected chi connectivity index (χ2v) is 6.63. The van der Waals surface area contributed by atoms with Crippen LogP contribution in [0.4, 0.5) is 0 Å². The Labute approximate surface area is 118 Å². The first-order chi connectivity index (χ1) is 9.28. The van der Waals surface area contributed by atoms with Crippen LogP contribution in [0.5, 0.6) is 0 Å². The predicted molar refractivity (Wildman–Crippen MR) is 80.4 cm³/mol. The van der Waals surface area contributed by atoms with Crippen molar-refractivity contribution in [3.8, 4) is 0 Å². The number of piperidine rings is 1. The highest BCUT2D eigenvalue weighted by molar-refractivity contribution is 4.97. The monoisotopic (exact) mass is 263 g/mol. The average molecular weight is 263 g/mol. The van der Waals surface area contributed by atoms with E-state index >= 15 is 0 Å². The molecule has 3 nitrogen and oxygen atoms in total. The molecular formula is C16H29N3.